The first kappa shape index (κ1) is 15.1. The van der Waals surface area contributed by atoms with Gasteiger partial charge in [-0.05, 0) is 51.0 Å². The molecule has 1 aliphatic heterocycles. The SMILES string of the molecule is CCCCOc1cc2c(cc1Br)-c1nc(I)cn1CCO2. The van der Waals surface area contributed by atoms with Gasteiger partial charge in [0.15, 0.2) is 0 Å². The molecule has 0 aliphatic carbocycles. The molecule has 1 aromatic carbocycles. The molecule has 1 aliphatic rings. The van der Waals surface area contributed by atoms with Crippen molar-refractivity contribution in [3.63, 3.8) is 0 Å². The molecule has 1 aromatic heterocycles. The summed E-state index contributed by atoms with van der Waals surface area (Å²) in [7, 11) is 0. The largest absolute Gasteiger partial charge is 0.492 e. The number of benzene rings is 1. The van der Waals surface area contributed by atoms with Crippen LogP contribution in [0, 0.1) is 3.70 Å². The molecular formula is C15H16BrIN2O2. The number of hydrogen-bond donors (Lipinski definition) is 0. The summed E-state index contributed by atoms with van der Waals surface area (Å²) in [5.74, 6) is 2.62. The third-order valence-corrected chi connectivity index (χ3v) is 4.51. The first-order chi connectivity index (χ1) is 10.2. The average Bonchev–Trinajstić information content (AvgIpc) is 2.75. The van der Waals surface area contributed by atoms with E-state index < -0.39 is 0 Å². The van der Waals surface area contributed by atoms with E-state index in [0.29, 0.717) is 6.61 Å². The van der Waals surface area contributed by atoms with Crippen molar-refractivity contribution >= 4 is 38.5 Å². The van der Waals surface area contributed by atoms with E-state index in [-0.39, 0.29) is 0 Å². The molecular weight excluding hydrogens is 447 g/mol. The lowest BCUT2D eigenvalue weighted by molar-refractivity contribution is 0.292. The number of aromatic nitrogens is 2. The molecule has 0 radical (unpaired) electrons. The van der Waals surface area contributed by atoms with E-state index in [9.17, 15) is 0 Å². The highest BCUT2D eigenvalue weighted by atomic mass is 127. The fraction of sp³-hybridized carbons (Fsp3) is 0.400. The topological polar surface area (TPSA) is 36.3 Å². The quantitative estimate of drug-likeness (QED) is 0.496. The van der Waals surface area contributed by atoms with Crippen LogP contribution in [0.15, 0.2) is 22.8 Å². The second-order valence-electron chi connectivity index (χ2n) is 4.91. The second-order valence-corrected chi connectivity index (χ2v) is 6.87. The van der Waals surface area contributed by atoms with Crippen LogP contribution in [0.25, 0.3) is 11.4 Å². The van der Waals surface area contributed by atoms with Crippen molar-refractivity contribution in [2.75, 3.05) is 13.2 Å². The molecule has 2 aromatic rings. The van der Waals surface area contributed by atoms with Gasteiger partial charge in [-0.15, -0.1) is 0 Å². The number of fused-ring (bicyclic) bond motifs is 3. The Kier molecular flexibility index (Phi) is 4.73. The van der Waals surface area contributed by atoms with Crippen LogP contribution in [-0.4, -0.2) is 22.8 Å². The van der Waals surface area contributed by atoms with Crippen LogP contribution >= 0.6 is 38.5 Å². The van der Waals surface area contributed by atoms with Gasteiger partial charge in [0.05, 0.1) is 23.2 Å². The zero-order chi connectivity index (χ0) is 14.8. The number of unbranched alkanes of at least 4 members (excludes halogenated alkanes) is 1. The summed E-state index contributed by atoms with van der Waals surface area (Å²) in [5.41, 5.74) is 1.00. The number of halogens is 2. The van der Waals surface area contributed by atoms with Crippen LogP contribution in [0.5, 0.6) is 11.5 Å². The Morgan fingerprint density at radius 2 is 2.33 bits per heavy atom. The molecule has 0 amide bonds. The van der Waals surface area contributed by atoms with E-state index in [2.05, 4.69) is 55.0 Å². The molecule has 112 valence electrons. The maximum atomic E-state index is 5.87. The van der Waals surface area contributed by atoms with Crippen LogP contribution in [0.1, 0.15) is 19.8 Å². The predicted octanol–water partition coefficient (Wildman–Crippen LogP) is 4.49. The van der Waals surface area contributed by atoms with Crippen molar-refractivity contribution in [1.29, 1.82) is 0 Å². The van der Waals surface area contributed by atoms with Gasteiger partial charge in [0.2, 0.25) is 0 Å². The molecule has 0 spiro atoms. The molecule has 3 rings (SSSR count). The Hall–Kier alpha value is -0.760. The highest BCUT2D eigenvalue weighted by Crippen LogP contribution is 2.39. The van der Waals surface area contributed by atoms with Crippen molar-refractivity contribution in [3.05, 3.63) is 26.5 Å². The summed E-state index contributed by atoms with van der Waals surface area (Å²) in [6.07, 6.45) is 4.22. The minimum atomic E-state index is 0.641. The van der Waals surface area contributed by atoms with Gasteiger partial charge in [-0.2, -0.15) is 0 Å². The van der Waals surface area contributed by atoms with Crippen molar-refractivity contribution in [2.24, 2.45) is 0 Å². The average molecular weight is 463 g/mol. The minimum absolute atomic E-state index is 0.641. The molecule has 4 nitrogen and oxygen atoms in total. The van der Waals surface area contributed by atoms with E-state index in [1.807, 2.05) is 18.3 Å². The van der Waals surface area contributed by atoms with Gasteiger partial charge in [-0.25, -0.2) is 4.98 Å². The van der Waals surface area contributed by atoms with Crippen molar-refractivity contribution in [2.45, 2.75) is 26.3 Å². The van der Waals surface area contributed by atoms with Gasteiger partial charge in [0, 0.05) is 12.3 Å². The first-order valence-electron chi connectivity index (χ1n) is 7.01. The number of hydrogen-bond acceptors (Lipinski definition) is 3. The van der Waals surface area contributed by atoms with Crippen molar-refractivity contribution in [1.82, 2.24) is 9.55 Å². The molecule has 6 heteroatoms. The van der Waals surface area contributed by atoms with Crippen LogP contribution in [0.3, 0.4) is 0 Å². The summed E-state index contributed by atoms with van der Waals surface area (Å²) < 4.78 is 15.8. The Morgan fingerprint density at radius 1 is 1.48 bits per heavy atom. The van der Waals surface area contributed by atoms with E-state index in [1.165, 1.54) is 0 Å². The van der Waals surface area contributed by atoms with E-state index in [1.54, 1.807) is 0 Å². The Bertz CT molecular complexity index is 657. The van der Waals surface area contributed by atoms with Crippen LogP contribution in [-0.2, 0) is 6.54 Å². The Balaban J connectivity index is 1.98. The molecule has 0 atom stereocenters. The van der Waals surface area contributed by atoms with Gasteiger partial charge >= 0.3 is 0 Å². The first-order valence-corrected chi connectivity index (χ1v) is 8.88. The Labute approximate surface area is 146 Å². The van der Waals surface area contributed by atoms with Gasteiger partial charge < -0.3 is 14.0 Å². The predicted molar refractivity (Wildman–Crippen MR) is 94.0 cm³/mol. The lowest BCUT2D eigenvalue weighted by atomic mass is 10.2. The molecule has 2 heterocycles. The van der Waals surface area contributed by atoms with E-state index in [0.717, 1.165) is 57.1 Å². The fourth-order valence-electron chi connectivity index (χ4n) is 2.29. The number of ether oxygens (including phenoxy) is 2. The zero-order valence-corrected chi connectivity index (χ0v) is 15.5. The van der Waals surface area contributed by atoms with Gasteiger partial charge in [0.25, 0.3) is 0 Å². The number of nitrogens with zero attached hydrogens (tertiary/aromatic N) is 2. The van der Waals surface area contributed by atoms with E-state index >= 15 is 0 Å². The smallest absolute Gasteiger partial charge is 0.145 e. The van der Waals surface area contributed by atoms with E-state index in [4.69, 9.17) is 9.47 Å². The van der Waals surface area contributed by atoms with Gasteiger partial charge in [-0.3, -0.25) is 0 Å². The number of imidazole rings is 1. The molecule has 0 fully saturated rings. The lowest BCUT2D eigenvalue weighted by Gasteiger charge is -2.12. The maximum absolute atomic E-state index is 5.87. The second kappa shape index (κ2) is 6.56. The summed E-state index contributed by atoms with van der Waals surface area (Å²) >= 11 is 5.83. The lowest BCUT2D eigenvalue weighted by Crippen LogP contribution is -2.04. The molecule has 21 heavy (non-hydrogen) atoms. The zero-order valence-electron chi connectivity index (χ0n) is 11.7. The molecule has 0 saturated heterocycles. The van der Waals surface area contributed by atoms with Crippen LogP contribution in [0.4, 0.5) is 0 Å². The third-order valence-electron chi connectivity index (χ3n) is 3.37. The third kappa shape index (κ3) is 3.21. The van der Waals surface area contributed by atoms with Crippen LogP contribution < -0.4 is 9.47 Å². The summed E-state index contributed by atoms with van der Waals surface area (Å²) in [4.78, 5) is 4.61. The summed E-state index contributed by atoms with van der Waals surface area (Å²) in [6, 6.07) is 4.00. The summed E-state index contributed by atoms with van der Waals surface area (Å²) in [6.45, 7) is 4.33. The van der Waals surface area contributed by atoms with Crippen molar-refractivity contribution < 1.29 is 9.47 Å². The Morgan fingerprint density at radius 3 is 3.14 bits per heavy atom. The monoisotopic (exact) mass is 462 g/mol. The maximum Gasteiger partial charge on any atom is 0.145 e. The molecule has 0 bridgehead atoms. The van der Waals surface area contributed by atoms with Gasteiger partial charge in [0.1, 0.15) is 27.6 Å². The minimum Gasteiger partial charge on any atom is -0.492 e. The molecule has 0 unspecified atom stereocenters. The van der Waals surface area contributed by atoms with Gasteiger partial charge in [-0.1, -0.05) is 13.3 Å². The normalized spacial score (nSPS) is 13.1. The fourth-order valence-corrected chi connectivity index (χ4v) is 3.31. The molecule has 0 saturated carbocycles. The standard InChI is InChI=1S/C15H16BrIN2O2/c1-2-3-5-20-13-8-12-10(7-11(13)16)15-18-14(17)9-19(15)4-6-21-12/h7-9H,2-6H2,1H3. The van der Waals surface area contributed by atoms with Crippen molar-refractivity contribution in [3.8, 4) is 22.9 Å². The molecule has 0 N–H and O–H groups in total. The number of rotatable bonds is 4. The highest BCUT2D eigenvalue weighted by molar-refractivity contribution is 14.1. The summed E-state index contributed by atoms with van der Waals surface area (Å²) in [5, 5.41) is 0. The highest BCUT2D eigenvalue weighted by Gasteiger charge is 2.20. The van der Waals surface area contributed by atoms with Crippen LogP contribution in [0.2, 0.25) is 0 Å².